The molecule has 114 valence electrons. The Hall–Kier alpha value is -2.94. The zero-order valence-corrected chi connectivity index (χ0v) is 12.7. The first-order valence-corrected chi connectivity index (χ1v) is 7.54. The monoisotopic (exact) mass is 303 g/mol. The Morgan fingerprint density at radius 1 is 1.04 bits per heavy atom. The van der Waals surface area contributed by atoms with Crippen molar-refractivity contribution >= 4 is 22.8 Å². The van der Waals surface area contributed by atoms with Crippen molar-refractivity contribution in [1.82, 2.24) is 4.98 Å². The minimum absolute atomic E-state index is 0.338. The molecule has 1 heterocycles. The van der Waals surface area contributed by atoms with Gasteiger partial charge >= 0.3 is 5.97 Å². The molecule has 0 saturated heterocycles. The molecule has 0 atom stereocenters. The van der Waals surface area contributed by atoms with E-state index < -0.39 is 0 Å². The smallest absolute Gasteiger partial charge is 0.330 e. The van der Waals surface area contributed by atoms with E-state index in [2.05, 4.69) is 35.3 Å². The first-order valence-electron chi connectivity index (χ1n) is 7.54. The highest BCUT2D eigenvalue weighted by Crippen LogP contribution is 2.16. The Bertz CT molecular complexity index is 825. The summed E-state index contributed by atoms with van der Waals surface area (Å²) in [7, 11) is 0. The van der Waals surface area contributed by atoms with Crippen LogP contribution in [0.5, 0.6) is 0 Å². The van der Waals surface area contributed by atoms with Gasteiger partial charge in [0.05, 0.1) is 6.61 Å². The van der Waals surface area contributed by atoms with Gasteiger partial charge in [0.15, 0.2) is 0 Å². The SMILES string of the molecule is O=C(/C=C/c1cccnc1)OCCc1ccc2ccccc2c1. The van der Waals surface area contributed by atoms with Crippen LogP contribution in [0.1, 0.15) is 11.1 Å². The zero-order valence-electron chi connectivity index (χ0n) is 12.7. The number of rotatable bonds is 5. The first kappa shape index (κ1) is 15.0. The van der Waals surface area contributed by atoms with E-state index in [9.17, 15) is 4.79 Å². The second kappa shape index (κ2) is 7.36. The van der Waals surface area contributed by atoms with Gasteiger partial charge in [0.1, 0.15) is 0 Å². The quantitative estimate of drug-likeness (QED) is 0.527. The molecule has 23 heavy (non-hydrogen) atoms. The lowest BCUT2D eigenvalue weighted by Crippen LogP contribution is -2.04. The summed E-state index contributed by atoms with van der Waals surface area (Å²) in [5.74, 6) is -0.338. The van der Waals surface area contributed by atoms with E-state index >= 15 is 0 Å². The average molecular weight is 303 g/mol. The third-order valence-corrected chi connectivity index (χ3v) is 3.55. The van der Waals surface area contributed by atoms with Gasteiger partial charge in [0.25, 0.3) is 0 Å². The van der Waals surface area contributed by atoms with Crippen molar-refractivity contribution in [3.63, 3.8) is 0 Å². The largest absolute Gasteiger partial charge is 0.462 e. The van der Waals surface area contributed by atoms with E-state index in [0.29, 0.717) is 13.0 Å². The molecule has 0 spiro atoms. The molecule has 0 bridgehead atoms. The van der Waals surface area contributed by atoms with E-state index in [4.69, 9.17) is 4.74 Å². The van der Waals surface area contributed by atoms with Crippen molar-refractivity contribution in [2.24, 2.45) is 0 Å². The highest BCUT2D eigenvalue weighted by molar-refractivity contribution is 5.87. The Kier molecular flexibility index (Phi) is 4.79. The highest BCUT2D eigenvalue weighted by atomic mass is 16.5. The van der Waals surface area contributed by atoms with E-state index in [1.165, 1.54) is 16.8 Å². The van der Waals surface area contributed by atoms with Gasteiger partial charge in [0.2, 0.25) is 0 Å². The number of hydrogen-bond donors (Lipinski definition) is 0. The molecular formula is C20H17NO2. The van der Waals surface area contributed by atoms with Crippen LogP contribution in [0, 0.1) is 0 Å². The van der Waals surface area contributed by atoms with Crippen LogP contribution in [0.2, 0.25) is 0 Å². The normalized spacial score (nSPS) is 11.0. The number of carbonyl (C=O) groups excluding carboxylic acids is 1. The maximum absolute atomic E-state index is 11.7. The molecule has 1 aromatic heterocycles. The molecule has 3 nitrogen and oxygen atoms in total. The van der Waals surface area contributed by atoms with Gasteiger partial charge in [-0.2, -0.15) is 0 Å². The molecule has 0 N–H and O–H groups in total. The predicted octanol–water partition coefficient (Wildman–Crippen LogP) is 4.03. The fourth-order valence-electron chi connectivity index (χ4n) is 2.35. The molecule has 0 aliphatic heterocycles. The highest BCUT2D eigenvalue weighted by Gasteiger charge is 2.00. The van der Waals surface area contributed by atoms with Crippen molar-refractivity contribution in [1.29, 1.82) is 0 Å². The zero-order chi connectivity index (χ0) is 15.9. The maximum Gasteiger partial charge on any atom is 0.330 e. The number of fused-ring (bicyclic) bond motifs is 1. The lowest BCUT2D eigenvalue weighted by atomic mass is 10.1. The van der Waals surface area contributed by atoms with E-state index in [-0.39, 0.29) is 5.97 Å². The summed E-state index contributed by atoms with van der Waals surface area (Å²) in [5, 5.41) is 2.42. The molecule has 0 radical (unpaired) electrons. The number of pyridine rings is 1. The van der Waals surface area contributed by atoms with Gasteiger partial charge in [0, 0.05) is 24.9 Å². The van der Waals surface area contributed by atoms with Crippen LogP contribution in [-0.4, -0.2) is 17.6 Å². The summed E-state index contributed by atoms with van der Waals surface area (Å²) in [6.07, 6.45) is 7.22. The Labute approximate surface area is 135 Å². The van der Waals surface area contributed by atoms with Crippen molar-refractivity contribution in [3.05, 3.63) is 84.2 Å². The molecule has 3 rings (SSSR count). The number of ether oxygens (including phenoxy) is 1. The third-order valence-electron chi connectivity index (χ3n) is 3.55. The molecule has 0 unspecified atom stereocenters. The summed E-state index contributed by atoms with van der Waals surface area (Å²) in [5.41, 5.74) is 2.03. The van der Waals surface area contributed by atoms with Gasteiger partial charge in [-0.3, -0.25) is 4.98 Å². The molecule has 2 aromatic carbocycles. The summed E-state index contributed by atoms with van der Waals surface area (Å²) in [6.45, 7) is 0.370. The minimum Gasteiger partial charge on any atom is -0.462 e. The first-order chi connectivity index (χ1) is 11.3. The van der Waals surface area contributed by atoms with E-state index in [1.807, 2.05) is 24.3 Å². The van der Waals surface area contributed by atoms with Crippen molar-refractivity contribution in [2.45, 2.75) is 6.42 Å². The minimum atomic E-state index is -0.338. The fourth-order valence-corrected chi connectivity index (χ4v) is 2.35. The summed E-state index contributed by atoms with van der Waals surface area (Å²) < 4.78 is 5.23. The topological polar surface area (TPSA) is 39.2 Å². The number of hydrogen-bond acceptors (Lipinski definition) is 3. The summed E-state index contributed by atoms with van der Waals surface area (Å²) >= 11 is 0. The number of carbonyl (C=O) groups is 1. The van der Waals surface area contributed by atoms with Crippen molar-refractivity contribution in [2.75, 3.05) is 6.61 Å². The Morgan fingerprint density at radius 2 is 1.91 bits per heavy atom. The van der Waals surface area contributed by atoms with Crippen LogP contribution in [0.3, 0.4) is 0 Å². The van der Waals surface area contributed by atoms with Crippen LogP contribution >= 0.6 is 0 Å². The fraction of sp³-hybridized carbons (Fsp3) is 0.100. The molecule has 3 aromatic rings. The van der Waals surface area contributed by atoms with Crippen LogP contribution < -0.4 is 0 Å². The number of nitrogens with zero attached hydrogens (tertiary/aromatic N) is 1. The molecular weight excluding hydrogens is 286 g/mol. The Morgan fingerprint density at radius 3 is 2.74 bits per heavy atom. The lowest BCUT2D eigenvalue weighted by molar-refractivity contribution is -0.137. The van der Waals surface area contributed by atoms with Gasteiger partial charge < -0.3 is 4.74 Å². The second-order valence-corrected chi connectivity index (χ2v) is 5.22. The van der Waals surface area contributed by atoms with Crippen LogP contribution in [0.15, 0.2) is 73.1 Å². The molecule has 0 amide bonds. The Balaban J connectivity index is 1.52. The third kappa shape index (κ3) is 4.27. The van der Waals surface area contributed by atoms with E-state index in [1.54, 1.807) is 18.5 Å². The maximum atomic E-state index is 11.7. The molecule has 3 heteroatoms. The van der Waals surface area contributed by atoms with Crippen LogP contribution in [-0.2, 0) is 16.0 Å². The second-order valence-electron chi connectivity index (χ2n) is 5.22. The summed E-state index contributed by atoms with van der Waals surface area (Å²) in [6, 6.07) is 18.2. The van der Waals surface area contributed by atoms with E-state index in [0.717, 1.165) is 11.1 Å². The average Bonchev–Trinajstić information content (AvgIpc) is 2.61. The standard InChI is InChI=1S/C20H17NO2/c22-20(10-8-17-4-3-12-21-15-17)23-13-11-16-7-9-18-5-1-2-6-19(18)14-16/h1-10,12,14-15H,11,13H2/b10-8+. The van der Waals surface area contributed by atoms with Gasteiger partial charge in [-0.1, -0.05) is 48.5 Å². The van der Waals surface area contributed by atoms with Crippen LogP contribution in [0.25, 0.3) is 16.8 Å². The van der Waals surface area contributed by atoms with Gasteiger partial charge in [-0.05, 0) is 34.0 Å². The molecule has 0 saturated carbocycles. The van der Waals surface area contributed by atoms with Crippen molar-refractivity contribution < 1.29 is 9.53 Å². The number of esters is 1. The molecule has 0 aliphatic rings. The molecule has 0 aliphatic carbocycles. The van der Waals surface area contributed by atoms with Gasteiger partial charge in [-0.15, -0.1) is 0 Å². The van der Waals surface area contributed by atoms with Crippen molar-refractivity contribution in [3.8, 4) is 0 Å². The predicted molar refractivity (Wildman–Crippen MR) is 91.9 cm³/mol. The number of benzene rings is 2. The van der Waals surface area contributed by atoms with Gasteiger partial charge in [-0.25, -0.2) is 4.79 Å². The number of aromatic nitrogens is 1. The van der Waals surface area contributed by atoms with Crippen LogP contribution in [0.4, 0.5) is 0 Å². The lowest BCUT2D eigenvalue weighted by Gasteiger charge is -2.04. The summed E-state index contributed by atoms with van der Waals surface area (Å²) in [4.78, 5) is 15.7. The molecule has 0 fully saturated rings.